The lowest BCUT2D eigenvalue weighted by Crippen LogP contribution is -2.10. The van der Waals surface area contributed by atoms with Gasteiger partial charge >= 0.3 is 5.97 Å². The fraction of sp³-hybridized carbons (Fsp3) is 0.308. The van der Waals surface area contributed by atoms with Crippen LogP contribution in [0.1, 0.15) is 22.8 Å². The van der Waals surface area contributed by atoms with Crippen molar-refractivity contribution in [2.24, 2.45) is 0 Å². The van der Waals surface area contributed by atoms with Gasteiger partial charge < -0.3 is 9.47 Å². The van der Waals surface area contributed by atoms with E-state index < -0.39 is 0 Å². The van der Waals surface area contributed by atoms with Crippen molar-refractivity contribution in [1.29, 1.82) is 0 Å². The van der Waals surface area contributed by atoms with Gasteiger partial charge in [-0.1, -0.05) is 24.8 Å². The molecule has 3 nitrogen and oxygen atoms in total. The van der Waals surface area contributed by atoms with Gasteiger partial charge in [-0.25, -0.2) is 4.79 Å². The smallest absolute Gasteiger partial charge is 0.338 e. The monoisotopic (exact) mass is 220 g/mol. The summed E-state index contributed by atoms with van der Waals surface area (Å²) in [6.45, 7) is 6.14. The molecule has 0 aliphatic carbocycles. The Morgan fingerprint density at radius 2 is 2.06 bits per heavy atom. The molecule has 0 unspecified atom stereocenters. The molecule has 0 saturated carbocycles. The maximum atomic E-state index is 11.7. The number of rotatable bonds is 5. The summed E-state index contributed by atoms with van der Waals surface area (Å²) in [5.74, 6) is -0.337. The molecule has 0 amide bonds. The highest BCUT2D eigenvalue weighted by molar-refractivity contribution is 5.91. The molecule has 0 N–H and O–H groups in total. The Bertz CT molecular complexity index is 383. The Balaban J connectivity index is 2.77. The van der Waals surface area contributed by atoms with Gasteiger partial charge in [0.15, 0.2) is 0 Å². The molecule has 1 aromatic carbocycles. The molecule has 16 heavy (non-hydrogen) atoms. The second kappa shape index (κ2) is 6.08. The van der Waals surface area contributed by atoms with Crippen LogP contribution in [0.3, 0.4) is 0 Å². The number of ether oxygens (including phenoxy) is 2. The molecule has 1 rings (SSSR count). The molecule has 0 radical (unpaired) electrons. The van der Waals surface area contributed by atoms with E-state index in [1.807, 2.05) is 19.1 Å². The van der Waals surface area contributed by atoms with Crippen molar-refractivity contribution in [2.45, 2.75) is 13.5 Å². The van der Waals surface area contributed by atoms with Crippen molar-refractivity contribution < 1.29 is 14.3 Å². The Kier molecular flexibility index (Phi) is 4.73. The lowest BCUT2D eigenvalue weighted by atomic mass is 10.1. The molecule has 86 valence electrons. The minimum absolute atomic E-state index is 0.250. The van der Waals surface area contributed by atoms with E-state index in [2.05, 4.69) is 6.58 Å². The zero-order valence-electron chi connectivity index (χ0n) is 9.66. The van der Waals surface area contributed by atoms with Crippen LogP contribution in [0.2, 0.25) is 0 Å². The zero-order valence-corrected chi connectivity index (χ0v) is 9.66. The van der Waals surface area contributed by atoms with Crippen LogP contribution in [0.5, 0.6) is 0 Å². The Morgan fingerprint density at radius 1 is 1.38 bits per heavy atom. The topological polar surface area (TPSA) is 35.5 Å². The summed E-state index contributed by atoms with van der Waals surface area (Å²) in [7, 11) is 1.59. The fourth-order valence-corrected chi connectivity index (χ4v) is 1.27. The first-order chi connectivity index (χ1) is 7.65. The van der Waals surface area contributed by atoms with E-state index in [1.165, 1.54) is 0 Å². The predicted octanol–water partition coefficient (Wildman–Crippen LogP) is 2.57. The van der Waals surface area contributed by atoms with Gasteiger partial charge in [0.2, 0.25) is 0 Å². The van der Waals surface area contributed by atoms with Crippen LogP contribution < -0.4 is 0 Å². The van der Waals surface area contributed by atoms with Crippen LogP contribution in [0.15, 0.2) is 36.4 Å². The average Bonchev–Trinajstić information content (AvgIpc) is 2.27. The maximum absolute atomic E-state index is 11.7. The summed E-state index contributed by atoms with van der Waals surface area (Å²) in [4.78, 5) is 11.7. The SMILES string of the molecule is C=C(C)COC(=O)c1ccccc1COC. The molecule has 0 fully saturated rings. The summed E-state index contributed by atoms with van der Waals surface area (Å²) in [6, 6.07) is 7.25. The molecule has 3 heteroatoms. The van der Waals surface area contributed by atoms with Crippen molar-refractivity contribution in [3.8, 4) is 0 Å². The van der Waals surface area contributed by atoms with E-state index in [1.54, 1.807) is 19.2 Å². The molecule has 0 saturated heterocycles. The molecule has 1 aromatic rings. The molecule has 0 atom stereocenters. The van der Waals surface area contributed by atoms with Gasteiger partial charge in [-0.15, -0.1) is 0 Å². The third-order valence-electron chi connectivity index (χ3n) is 1.99. The molecule has 0 spiro atoms. The van der Waals surface area contributed by atoms with Crippen molar-refractivity contribution in [3.63, 3.8) is 0 Å². The molecule has 0 heterocycles. The Labute approximate surface area is 95.7 Å². The Morgan fingerprint density at radius 3 is 2.69 bits per heavy atom. The van der Waals surface area contributed by atoms with Crippen molar-refractivity contribution in [1.82, 2.24) is 0 Å². The van der Waals surface area contributed by atoms with Gasteiger partial charge in [0.1, 0.15) is 6.61 Å². The lowest BCUT2D eigenvalue weighted by molar-refractivity contribution is 0.0535. The number of hydrogen-bond acceptors (Lipinski definition) is 3. The highest BCUT2D eigenvalue weighted by Crippen LogP contribution is 2.11. The number of carbonyl (C=O) groups excluding carboxylic acids is 1. The van der Waals surface area contributed by atoms with Crippen LogP contribution in [-0.2, 0) is 16.1 Å². The fourth-order valence-electron chi connectivity index (χ4n) is 1.27. The van der Waals surface area contributed by atoms with E-state index >= 15 is 0 Å². The molecular weight excluding hydrogens is 204 g/mol. The lowest BCUT2D eigenvalue weighted by Gasteiger charge is -2.08. The van der Waals surface area contributed by atoms with Gasteiger partial charge in [0.05, 0.1) is 12.2 Å². The molecule has 0 aliphatic heterocycles. The predicted molar refractivity (Wildman–Crippen MR) is 62.3 cm³/mol. The second-order valence-corrected chi connectivity index (χ2v) is 3.62. The van der Waals surface area contributed by atoms with Gasteiger partial charge in [0.25, 0.3) is 0 Å². The van der Waals surface area contributed by atoms with Gasteiger partial charge in [-0.2, -0.15) is 0 Å². The summed E-state index contributed by atoms with van der Waals surface area (Å²) >= 11 is 0. The maximum Gasteiger partial charge on any atom is 0.338 e. The van der Waals surface area contributed by atoms with Crippen molar-refractivity contribution in [2.75, 3.05) is 13.7 Å². The number of benzene rings is 1. The number of carbonyl (C=O) groups is 1. The molecule has 0 aromatic heterocycles. The number of hydrogen-bond donors (Lipinski definition) is 0. The number of methoxy groups -OCH3 is 1. The van der Waals surface area contributed by atoms with Crippen LogP contribution in [-0.4, -0.2) is 19.7 Å². The quantitative estimate of drug-likeness (QED) is 0.565. The van der Waals surface area contributed by atoms with E-state index in [9.17, 15) is 4.79 Å². The van der Waals surface area contributed by atoms with Crippen LogP contribution in [0.4, 0.5) is 0 Å². The first-order valence-electron chi connectivity index (χ1n) is 5.03. The summed E-state index contributed by atoms with van der Waals surface area (Å²) in [6.07, 6.45) is 0. The summed E-state index contributed by atoms with van der Waals surface area (Å²) in [5, 5.41) is 0. The summed E-state index contributed by atoms with van der Waals surface area (Å²) in [5.41, 5.74) is 2.19. The molecule has 0 aliphatic rings. The van der Waals surface area contributed by atoms with Crippen LogP contribution >= 0.6 is 0 Å². The zero-order chi connectivity index (χ0) is 12.0. The van der Waals surface area contributed by atoms with E-state index in [0.717, 1.165) is 11.1 Å². The Hall–Kier alpha value is -1.61. The van der Waals surface area contributed by atoms with E-state index in [4.69, 9.17) is 9.47 Å². The third-order valence-corrected chi connectivity index (χ3v) is 1.99. The molecular formula is C13H16O3. The minimum atomic E-state index is -0.337. The first kappa shape index (κ1) is 12.5. The summed E-state index contributed by atoms with van der Waals surface area (Å²) < 4.78 is 10.1. The minimum Gasteiger partial charge on any atom is -0.458 e. The van der Waals surface area contributed by atoms with Crippen molar-refractivity contribution in [3.05, 3.63) is 47.5 Å². The van der Waals surface area contributed by atoms with Gasteiger partial charge in [-0.3, -0.25) is 0 Å². The van der Waals surface area contributed by atoms with E-state index in [-0.39, 0.29) is 12.6 Å². The van der Waals surface area contributed by atoms with Crippen LogP contribution in [0, 0.1) is 0 Å². The van der Waals surface area contributed by atoms with Gasteiger partial charge in [-0.05, 0) is 24.1 Å². The highest BCUT2D eigenvalue weighted by Gasteiger charge is 2.11. The van der Waals surface area contributed by atoms with Crippen LogP contribution in [0.25, 0.3) is 0 Å². The van der Waals surface area contributed by atoms with E-state index in [0.29, 0.717) is 12.2 Å². The largest absolute Gasteiger partial charge is 0.458 e. The highest BCUT2D eigenvalue weighted by atomic mass is 16.5. The first-order valence-corrected chi connectivity index (χ1v) is 5.03. The third kappa shape index (κ3) is 3.51. The van der Waals surface area contributed by atoms with Crippen molar-refractivity contribution >= 4 is 5.97 Å². The average molecular weight is 220 g/mol. The standard InChI is InChI=1S/C13H16O3/c1-10(2)8-16-13(14)12-7-5-4-6-11(12)9-15-3/h4-7H,1,8-9H2,2-3H3. The molecule has 0 bridgehead atoms. The van der Waals surface area contributed by atoms with Gasteiger partial charge in [0, 0.05) is 7.11 Å². The normalized spacial score (nSPS) is 9.88. The number of esters is 1. The second-order valence-electron chi connectivity index (χ2n) is 3.62.